The van der Waals surface area contributed by atoms with Crippen molar-refractivity contribution in [2.24, 2.45) is 10.9 Å². The minimum Gasteiger partial charge on any atom is -0.497 e. The highest BCUT2D eigenvalue weighted by atomic mass is 127. The molecular weight excluding hydrogens is 401 g/mol. The van der Waals surface area contributed by atoms with Gasteiger partial charge in [-0.3, -0.25) is 4.99 Å². The Morgan fingerprint density at radius 2 is 1.78 bits per heavy atom. The molecule has 2 aromatic rings. The van der Waals surface area contributed by atoms with Crippen molar-refractivity contribution in [3.63, 3.8) is 0 Å². The number of hydrogen-bond acceptors (Lipinski definition) is 2. The maximum Gasteiger partial charge on any atom is 0.191 e. The van der Waals surface area contributed by atoms with Crippen LogP contribution in [-0.2, 0) is 6.54 Å². The molecular formula is C18H26IN3O. The van der Waals surface area contributed by atoms with Crippen LogP contribution in [-0.4, -0.2) is 26.7 Å². The first-order valence-corrected chi connectivity index (χ1v) is 7.63. The summed E-state index contributed by atoms with van der Waals surface area (Å²) in [5.74, 6) is 2.31. The third kappa shape index (κ3) is 5.89. The van der Waals surface area contributed by atoms with Gasteiger partial charge in [0.05, 0.1) is 7.11 Å². The monoisotopic (exact) mass is 427 g/mol. The smallest absolute Gasteiger partial charge is 0.191 e. The van der Waals surface area contributed by atoms with Crippen molar-refractivity contribution in [1.82, 2.24) is 10.6 Å². The summed E-state index contributed by atoms with van der Waals surface area (Å²) in [5.41, 5.74) is 1.23. The van der Waals surface area contributed by atoms with E-state index >= 15 is 0 Å². The topological polar surface area (TPSA) is 45.7 Å². The van der Waals surface area contributed by atoms with Gasteiger partial charge in [0.15, 0.2) is 5.96 Å². The van der Waals surface area contributed by atoms with Crippen LogP contribution in [0.25, 0.3) is 10.8 Å². The predicted octanol–water partition coefficient (Wildman–Crippen LogP) is 3.79. The van der Waals surface area contributed by atoms with E-state index in [0.717, 1.165) is 24.8 Å². The van der Waals surface area contributed by atoms with Gasteiger partial charge < -0.3 is 15.4 Å². The van der Waals surface area contributed by atoms with E-state index in [-0.39, 0.29) is 24.0 Å². The number of methoxy groups -OCH3 is 1. The molecule has 0 saturated heterocycles. The molecule has 2 N–H and O–H groups in total. The minimum atomic E-state index is 0. The Labute approximate surface area is 155 Å². The van der Waals surface area contributed by atoms with E-state index in [0.29, 0.717) is 5.92 Å². The zero-order chi connectivity index (χ0) is 15.9. The van der Waals surface area contributed by atoms with Crippen molar-refractivity contribution in [3.8, 4) is 5.75 Å². The van der Waals surface area contributed by atoms with Crippen molar-refractivity contribution in [2.75, 3.05) is 20.7 Å². The van der Waals surface area contributed by atoms with Crippen LogP contribution in [0, 0.1) is 5.92 Å². The van der Waals surface area contributed by atoms with Gasteiger partial charge in [0.25, 0.3) is 0 Å². The minimum absolute atomic E-state index is 0. The maximum atomic E-state index is 5.26. The molecule has 5 heteroatoms. The normalized spacial score (nSPS) is 11.3. The molecule has 0 aliphatic heterocycles. The number of halogens is 1. The van der Waals surface area contributed by atoms with Gasteiger partial charge in [-0.15, -0.1) is 24.0 Å². The number of nitrogens with zero attached hydrogens (tertiary/aromatic N) is 1. The van der Waals surface area contributed by atoms with Crippen molar-refractivity contribution in [2.45, 2.75) is 20.4 Å². The molecule has 0 spiro atoms. The molecule has 0 heterocycles. The molecule has 0 radical (unpaired) electrons. The molecule has 0 bridgehead atoms. The lowest BCUT2D eigenvalue weighted by atomic mass is 10.1. The van der Waals surface area contributed by atoms with Crippen molar-refractivity contribution >= 4 is 40.7 Å². The fourth-order valence-electron chi connectivity index (χ4n) is 2.22. The van der Waals surface area contributed by atoms with Crippen molar-refractivity contribution in [3.05, 3.63) is 42.0 Å². The van der Waals surface area contributed by atoms with E-state index < -0.39 is 0 Å². The van der Waals surface area contributed by atoms with Crippen LogP contribution in [0.3, 0.4) is 0 Å². The number of hydrogen-bond donors (Lipinski definition) is 2. The molecule has 0 atom stereocenters. The molecule has 126 valence electrons. The largest absolute Gasteiger partial charge is 0.497 e. The Hall–Kier alpha value is -1.50. The molecule has 0 aliphatic carbocycles. The molecule has 0 amide bonds. The SMILES string of the molecule is CN=C(NCc1ccc2cc(OC)ccc2c1)NCC(C)C.I. The van der Waals surface area contributed by atoms with Crippen LogP contribution in [0.4, 0.5) is 0 Å². The molecule has 0 unspecified atom stereocenters. The summed E-state index contributed by atoms with van der Waals surface area (Å²) in [6.45, 7) is 6.02. The standard InChI is InChI=1S/C18H25N3O.HI/c1-13(2)11-20-18(19-3)21-12-14-5-6-16-10-17(22-4)8-7-15(16)9-14;/h5-10,13H,11-12H2,1-4H3,(H2,19,20,21);1H. The lowest BCUT2D eigenvalue weighted by Gasteiger charge is -2.13. The highest BCUT2D eigenvalue weighted by molar-refractivity contribution is 14.0. The number of ether oxygens (including phenoxy) is 1. The Morgan fingerprint density at radius 3 is 2.43 bits per heavy atom. The van der Waals surface area contributed by atoms with Crippen LogP contribution in [0.1, 0.15) is 19.4 Å². The van der Waals surface area contributed by atoms with Gasteiger partial charge in [-0.2, -0.15) is 0 Å². The number of nitrogens with one attached hydrogen (secondary N) is 2. The Bertz CT molecular complexity index is 656. The summed E-state index contributed by atoms with van der Waals surface area (Å²) in [5, 5.41) is 9.05. The van der Waals surface area contributed by atoms with Crippen molar-refractivity contribution < 1.29 is 4.74 Å². The summed E-state index contributed by atoms with van der Waals surface area (Å²) < 4.78 is 5.26. The van der Waals surface area contributed by atoms with Gasteiger partial charge in [0.1, 0.15) is 5.75 Å². The average Bonchev–Trinajstić information content (AvgIpc) is 2.54. The zero-order valence-electron chi connectivity index (χ0n) is 14.2. The van der Waals surface area contributed by atoms with E-state index in [9.17, 15) is 0 Å². The van der Waals surface area contributed by atoms with Gasteiger partial charge in [0.2, 0.25) is 0 Å². The fourth-order valence-corrected chi connectivity index (χ4v) is 2.22. The molecule has 0 aliphatic rings. The summed E-state index contributed by atoms with van der Waals surface area (Å²) in [4.78, 5) is 4.24. The molecule has 0 saturated carbocycles. The molecule has 4 nitrogen and oxygen atoms in total. The molecule has 2 aromatic carbocycles. The molecule has 2 rings (SSSR count). The lowest BCUT2D eigenvalue weighted by molar-refractivity contribution is 0.415. The molecule has 0 aromatic heterocycles. The van der Waals surface area contributed by atoms with E-state index in [4.69, 9.17) is 4.74 Å². The second-order valence-electron chi connectivity index (χ2n) is 5.75. The molecule has 23 heavy (non-hydrogen) atoms. The Kier molecular flexibility index (Phi) is 8.16. The van der Waals surface area contributed by atoms with Gasteiger partial charge in [-0.1, -0.05) is 32.0 Å². The third-order valence-electron chi connectivity index (χ3n) is 3.47. The first-order valence-electron chi connectivity index (χ1n) is 7.63. The number of benzene rings is 2. The van der Waals surface area contributed by atoms with E-state index in [1.807, 2.05) is 6.07 Å². The quantitative estimate of drug-likeness (QED) is 0.434. The Balaban J connectivity index is 0.00000264. The van der Waals surface area contributed by atoms with Crippen LogP contribution < -0.4 is 15.4 Å². The fraction of sp³-hybridized carbons (Fsp3) is 0.389. The number of guanidine groups is 1. The maximum absolute atomic E-state index is 5.26. The van der Waals surface area contributed by atoms with Gasteiger partial charge >= 0.3 is 0 Å². The first kappa shape index (κ1) is 19.5. The highest BCUT2D eigenvalue weighted by Crippen LogP contribution is 2.21. The van der Waals surface area contributed by atoms with Gasteiger partial charge in [-0.25, -0.2) is 0 Å². The van der Waals surface area contributed by atoms with Crippen LogP contribution in [0.5, 0.6) is 5.75 Å². The summed E-state index contributed by atoms with van der Waals surface area (Å²) in [6.07, 6.45) is 0. The van der Waals surface area contributed by atoms with E-state index in [2.05, 4.69) is 59.8 Å². The van der Waals surface area contributed by atoms with Gasteiger partial charge in [-0.05, 0) is 40.5 Å². The highest BCUT2D eigenvalue weighted by Gasteiger charge is 2.02. The number of fused-ring (bicyclic) bond motifs is 1. The predicted molar refractivity (Wildman–Crippen MR) is 109 cm³/mol. The number of rotatable bonds is 5. The first-order chi connectivity index (χ1) is 10.6. The zero-order valence-corrected chi connectivity index (χ0v) is 16.5. The summed E-state index contributed by atoms with van der Waals surface area (Å²) in [6, 6.07) is 12.6. The third-order valence-corrected chi connectivity index (χ3v) is 3.47. The number of aliphatic imine (C=N–C) groups is 1. The van der Waals surface area contributed by atoms with Crippen molar-refractivity contribution in [1.29, 1.82) is 0 Å². The van der Waals surface area contributed by atoms with Crippen LogP contribution in [0.2, 0.25) is 0 Å². The van der Waals surface area contributed by atoms with E-state index in [1.165, 1.54) is 16.3 Å². The van der Waals surface area contributed by atoms with E-state index in [1.54, 1.807) is 14.2 Å². The Morgan fingerprint density at radius 1 is 1.09 bits per heavy atom. The summed E-state index contributed by atoms with van der Waals surface area (Å²) in [7, 11) is 3.48. The molecule has 0 fully saturated rings. The second-order valence-corrected chi connectivity index (χ2v) is 5.75. The van der Waals surface area contributed by atoms with Gasteiger partial charge in [0, 0.05) is 20.1 Å². The van der Waals surface area contributed by atoms with Crippen LogP contribution in [0.15, 0.2) is 41.4 Å². The van der Waals surface area contributed by atoms with Crippen LogP contribution >= 0.6 is 24.0 Å². The summed E-state index contributed by atoms with van der Waals surface area (Å²) >= 11 is 0. The second kappa shape index (κ2) is 9.60. The lowest BCUT2D eigenvalue weighted by Crippen LogP contribution is -2.38. The average molecular weight is 427 g/mol.